The number of hydrogen-bond acceptors (Lipinski definition) is 3. The molecule has 1 amide bonds. The first kappa shape index (κ1) is 11.1. The van der Waals surface area contributed by atoms with Crippen molar-refractivity contribution in [2.45, 2.75) is 31.3 Å². The maximum atomic E-state index is 12.3. The number of nitrogens with zero attached hydrogens (tertiary/aromatic N) is 1. The third kappa shape index (κ3) is 2.07. The third-order valence-corrected chi connectivity index (χ3v) is 3.95. The Bertz CT molecular complexity index is 432. The lowest BCUT2D eigenvalue weighted by atomic mass is 10.1. The highest BCUT2D eigenvalue weighted by atomic mass is 35.5. The predicted octanol–water partition coefficient (Wildman–Crippen LogP) is 1.90. The number of fused-ring (bicyclic) bond motifs is 2. The molecule has 1 aromatic heterocycles. The van der Waals surface area contributed by atoms with Gasteiger partial charge >= 0.3 is 0 Å². The van der Waals surface area contributed by atoms with Crippen molar-refractivity contribution in [3.05, 3.63) is 23.1 Å². The molecule has 2 unspecified atom stereocenters. The van der Waals surface area contributed by atoms with Gasteiger partial charge in [0.25, 0.3) is 5.91 Å². The van der Waals surface area contributed by atoms with Crippen LogP contribution in [0.3, 0.4) is 0 Å². The molecule has 0 aliphatic carbocycles. The molecule has 92 valence electrons. The van der Waals surface area contributed by atoms with E-state index in [0.717, 1.165) is 25.9 Å². The highest BCUT2D eigenvalue weighted by Gasteiger charge is 2.32. The van der Waals surface area contributed by atoms with Crippen LogP contribution in [0.25, 0.3) is 0 Å². The molecule has 0 radical (unpaired) electrons. The van der Waals surface area contributed by atoms with Crippen molar-refractivity contribution < 1.29 is 9.21 Å². The summed E-state index contributed by atoms with van der Waals surface area (Å²) >= 11 is 5.84. The summed E-state index contributed by atoms with van der Waals surface area (Å²) in [7, 11) is 0. The number of nitrogens with one attached hydrogen (secondary N) is 1. The number of likely N-dealkylation sites (tertiary alicyclic amines) is 1. The van der Waals surface area contributed by atoms with Crippen molar-refractivity contribution in [3.63, 3.8) is 0 Å². The van der Waals surface area contributed by atoms with Crippen LogP contribution in [0.15, 0.2) is 16.7 Å². The van der Waals surface area contributed by atoms with Crippen molar-refractivity contribution in [2.24, 2.45) is 0 Å². The Morgan fingerprint density at radius 2 is 2.24 bits per heavy atom. The summed E-state index contributed by atoms with van der Waals surface area (Å²) in [6.45, 7) is 1.57. The topological polar surface area (TPSA) is 45.5 Å². The lowest BCUT2D eigenvalue weighted by Crippen LogP contribution is -2.39. The molecule has 3 heterocycles. The number of carbonyl (C=O) groups is 1. The van der Waals surface area contributed by atoms with Crippen molar-refractivity contribution in [1.82, 2.24) is 10.2 Å². The Hall–Kier alpha value is -1.00. The Labute approximate surface area is 105 Å². The fraction of sp³-hybridized carbons (Fsp3) is 0.583. The second kappa shape index (κ2) is 4.35. The number of rotatable bonds is 1. The van der Waals surface area contributed by atoms with Crippen LogP contribution in [0, 0.1) is 0 Å². The zero-order chi connectivity index (χ0) is 11.8. The van der Waals surface area contributed by atoms with Crippen LogP contribution in [0.4, 0.5) is 0 Å². The van der Waals surface area contributed by atoms with Crippen molar-refractivity contribution in [3.8, 4) is 0 Å². The minimum absolute atomic E-state index is 0.0156. The van der Waals surface area contributed by atoms with E-state index in [1.54, 1.807) is 6.07 Å². The van der Waals surface area contributed by atoms with E-state index in [9.17, 15) is 4.79 Å². The number of furan rings is 1. The maximum Gasteiger partial charge on any atom is 0.258 e. The highest BCUT2D eigenvalue weighted by Crippen LogP contribution is 2.24. The molecule has 3 rings (SSSR count). The van der Waals surface area contributed by atoms with Crippen LogP contribution >= 0.6 is 11.6 Å². The SMILES string of the molecule is O=C(c1ccoc1Cl)N1CCC2CCC(C1)N2. The summed E-state index contributed by atoms with van der Waals surface area (Å²) in [5.74, 6) is -0.0156. The van der Waals surface area contributed by atoms with Gasteiger partial charge in [0.15, 0.2) is 0 Å². The van der Waals surface area contributed by atoms with Gasteiger partial charge in [-0.2, -0.15) is 0 Å². The van der Waals surface area contributed by atoms with Gasteiger partial charge in [0.05, 0.1) is 11.8 Å². The average Bonchev–Trinajstić information content (AvgIpc) is 2.84. The minimum Gasteiger partial charge on any atom is -0.452 e. The molecule has 2 atom stereocenters. The third-order valence-electron chi connectivity index (χ3n) is 3.66. The Kier molecular flexibility index (Phi) is 2.84. The molecule has 2 aliphatic heterocycles. The van der Waals surface area contributed by atoms with Crippen molar-refractivity contribution in [1.29, 1.82) is 0 Å². The molecule has 1 aromatic rings. The molecule has 2 bridgehead atoms. The maximum absolute atomic E-state index is 12.3. The molecule has 17 heavy (non-hydrogen) atoms. The number of halogens is 1. The lowest BCUT2D eigenvalue weighted by molar-refractivity contribution is 0.0747. The van der Waals surface area contributed by atoms with Gasteiger partial charge in [0.1, 0.15) is 0 Å². The van der Waals surface area contributed by atoms with Gasteiger partial charge in [-0.1, -0.05) is 0 Å². The molecule has 2 fully saturated rings. The summed E-state index contributed by atoms with van der Waals surface area (Å²) in [5.41, 5.74) is 0.476. The first-order chi connectivity index (χ1) is 8.24. The molecule has 2 aliphatic rings. The number of carbonyl (C=O) groups excluding carboxylic acids is 1. The Morgan fingerprint density at radius 1 is 1.41 bits per heavy atom. The number of hydrogen-bond donors (Lipinski definition) is 1. The molecular formula is C12H15ClN2O2. The van der Waals surface area contributed by atoms with E-state index in [2.05, 4.69) is 5.32 Å². The minimum atomic E-state index is -0.0156. The predicted molar refractivity (Wildman–Crippen MR) is 64.2 cm³/mol. The standard InChI is InChI=1S/C12H15ClN2O2/c13-11-10(4-6-17-11)12(16)15-5-3-8-1-2-9(7-15)14-8/h4,6,8-9,14H,1-3,5,7H2. The smallest absolute Gasteiger partial charge is 0.258 e. The van der Waals surface area contributed by atoms with Gasteiger partial charge in [0.2, 0.25) is 5.22 Å². The van der Waals surface area contributed by atoms with Gasteiger partial charge < -0.3 is 14.6 Å². The van der Waals surface area contributed by atoms with Crippen LogP contribution < -0.4 is 5.32 Å². The average molecular weight is 255 g/mol. The fourth-order valence-corrected chi connectivity index (χ4v) is 2.94. The van der Waals surface area contributed by atoms with Crippen LogP contribution in [-0.2, 0) is 0 Å². The molecule has 4 nitrogen and oxygen atoms in total. The van der Waals surface area contributed by atoms with Gasteiger partial charge in [0, 0.05) is 25.2 Å². The quantitative estimate of drug-likeness (QED) is 0.833. The van der Waals surface area contributed by atoms with Crippen molar-refractivity contribution in [2.75, 3.05) is 13.1 Å². The zero-order valence-corrected chi connectivity index (χ0v) is 10.2. The van der Waals surface area contributed by atoms with Crippen LogP contribution in [0.1, 0.15) is 29.6 Å². The summed E-state index contributed by atoms with van der Waals surface area (Å²) < 4.78 is 4.97. The van der Waals surface area contributed by atoms with Gasteiger partial charge in [-0.15, -0.1) is 0 Å². The highest BCUT2D eigenvalue weighted by molar-refractivity contribution is 6.32. The summed E-state index contributed by atoms with van der Waals surface area (Å²) in [6.07, 6.45) is 4.88. The molecular weight excluding hydrogens is 240 g/mol. The first-order valence-corrected chi connectivity index (χ1v) is 6.40. The van der Waals surface area contributed by atoms with Crippen molar-refractivity contribution >= 4 is 17.5 Å². The molecule has 1 N–H and O–H groups in total. The van der Waals surface area contributed by atoms with Crippen LogP contribution in [-0.4, -0.2) is 36.0 Å². The lowest BCUT2D eigenvalue weighted by Gasteiger charge is -2.23. The normalized spacial score (nSPS) is 28.2. The summed E-state index contributed by atoms with van der Waals surface area (Å²) in [6, 6.07) is 2.66. The number of amides is 1. The van der Waals surface area contributed by atoms with E-state index >= 15 is 0 Å². The second-order valence-electron chi connectivity index (χ2n) is 4.79. The Balaban J connectivity index is 1.76. The van der Waals surface area contributed by atoms with E-state index in [1.165, 1.54) is 12.7 Å². The van der Waals surface area contributed by atoms with E-state index in [0.29, 0.717) is 17.6 Å². The zero-order valence-electron chi connectivity index (χ0n) is 9.49. The molecule has 0 saturated carbocycles. The molecule has 2 saturated heterocycles. The van der Waals surface area contributed by atoms with Gasteiger partial charge in [-0.05, 0) is 36.9 Å². The van der Waals surface area contributed by atoms with E-state index in [4.69, 9.17) is 16.0 Å². The second-order valence-corrected chi connectivity index (χ2v) is 5.13. The van der Waals surface area contributed by atoms with E-state index in [-0.39, 0.29) is 11.1 Å². The molecule has 0 aromatic carbocycles. The summed E-state index contributed by atoms with van der Waals surface area (Å²) in [5, 5.41) is 3.74. The van der Waals surface area contributed by atoms with E-state index in [1.807, 2.05) is 4.90 Å². The molecule has 5 heteroatoms. The van der Waals surface area contributed by atoms with Gasteiger partial charge in [-0.25, -0.2) is 0 Å². The van der Waals surface area contributed by atoms with Crippen LogP contribution in [0.5, 0.6) is 0 Å². The summed E-state index contributed by atoms with van der Waals surface area (Å²) in [4.78, 5) is 14.1. The van der Waals surface area contributed by atoms with Gasteiger partial charge in [-0.3, -0.25) is 4.79 Å². The van der Waals surface area contributed by atoms with E-state index < -0.39 is 0 Å². The Morgan fingerprint density at radius 3 is 3.00 bits per heavy atom. The first-order valence-electron chi connectivity index (χ1n) is 6.02. The largest absolute Gasteiger partial charge is 0.452 e. The fourth-order valence-electron chi connectivity index (χ4n) is 2.74. The molecule has 0 spiro atoms. The van der Waals surface area contributed by atoms with Crippen LogP contribution in [0.2, 0.25) is 5.22 Å². The monoisotopic (exact) mass is 254 g/mol.